The third kappa shape index (κ3) is 2.41. The van der Waals surface area contributed by atoms with Crippen molar-refractivity contribution in [2.75, 3.05) is 13.1 Å². The molecule has 1 aliphatic rings. The van der Waals surface area contributed by atoms with E-state index in [1.807, 2.05) is 41.8 Å². The normalized spacial score (nSPS) is 14.6. The Morgan fingerprint density at radius 3 is 2.95 bits per heavy atom. The fourth-order valence-electron chi connectivity index (χ4n) is 2.05. The van der Waals surface area contributed by atoms with E-state index >= 15 is 0 Å². The summed E-state index contributed by atoms with van der Waals surface area (Å²) in [5.41, 5.74) is 0.884. The summed E-state index contributed by atoms with van der Waals surface area (Å²) in [6.45, 7) is 1.26. The molecular formula is C14H11ClN2OS. The van der Waals surface area contributed by atoms with Gasteiger partial charge in [-0.05, 0) is 23.6 Å². The Morgan fingerprint density at radius 1 is 1.32 bits per heavy atom. The molecule has 0 N–H and O–H groups in total. The van der Waals surface area contributed by atoms with Crippen LogP contribution in [-0.2, 0) is 0 Å². The summed E-state index contributed by atoms with van der Waals surface area (Å²) in [6, 6.07) is 11.1. The van der Waals surface area contributed by atoms with Gasteiger partial charge >= 0.3 is 0 Å². The van der Waals surface area contributed by atoms with Crippen molar-refractivity contribution in [1.82, 2.24) is 4.90 Å². The topological polar surface area (TPSA) is 32.7 Å². The Kier molecular flexibility index (Phi) is 3.36. The van der Waals surface area contributed by atoms with Crippen LogP contribution in [0, 0.1) is 0 Å². The molecule has 0 spiro atoms. The zero-order valence-corrected chi connectivity index (χ0v) is 11.6. The first-order valence-electron chi connectivity index (χ1n) is 5.91. The average molecular weight is 291 g/mol. The molecule has 1 amide bonds. The molecule has 3 rings (SSSR count). The van der Waals surface area contributed by atoms with Crippen molar-refractivity contribution in [3.05, 3.63) is 57.2 Å². The summed E-state index contributed by atoms with van der Waals surface area (Å²) in [4.78, 5) is 19.3. The van der Waals surface area contributed by atoms with E-state index < -0.39 is 0 Å². The number of rotatable bonds is 2. The first kappa shape index (κ1) is 12.4. The Morgan fingerprint density at radius 2 is 2.21 bits per heavy atom. The van der Waals surface area contributed by atoms with Gasteiger partial charge in [0.15, 0.2) is 0 Å². The molecule has 1 aromatic heterocycles. The van der Waals surface area contributed by atoms with Gasteiger partial charge in [0.2, 0.25) is 0 Å². The van der Waals surface area contributed by atoms with Crippen LogP contribution in [0.1, 0.15) is 15.2 Å². The number of amides is 1. The van der Waals surface area contributed by atoms with E-state index in [2.05, 4.69) is 4.99 Å². The molecule has 1 aromatic carbocycles. The van der Waals surface area contributed by atoms with Crippen molar-refractivity contribution in [2.45, 2.75) is 0 Å². The van der Waals surface area contributed by atoms with Gasteiger partial charge in [-0.15, -0.1) is 11.3 Å². The molecule has 0 fully saturated rings. The maximum atomic E-state index is 12.4. The summed E-state index contributed by atoms with van der Waals surface area (Å²) < 4.78 is 0. The largest absolute Gasteiger partial charge is 0.290 e. The summed E-state index contributed by atoms with van der Waals surface area (Å²) in [6.07, 6.45) is 0. The fraction of sp³-hybridized carbons (Fsp3) is 0.143. The van der Waals surface area contributed by atoms with Crippen molar-refractivity contribution in [3.63, 3.8) is 0 Å². The first-order chi connectivity index (χ1) is 9.25. The number of aliphatic imine (C=N–C) groups is 1. The summed E-state index contributed by atoms with van der Waals surface area (Å²) in [7, 11) is 0. The predicted octanol–water partition coefficient (Wildman–Crippen LogP) is 3.30. The number of hydrogen-bond acceptors (Lipinski definition) is 3. The molecule has 96 valence electrons. The van der Waals surface area contributed by atoms with Crippen LogP contribution in [0.2, 0.25) is 5.02 Å². The van der Waals surface area contributed by atoms with Gasteiger partial charge in [0.05, 0.1) is 11.4 Å². The van der Waals surface area contributed by atoms with Crippen molar-refractivity contribution in [3.8, 4) is 0 Å². The van der Waals surface area contributed by atoms with E-state index in [-0.39, 0.29) is 5.91 Å². The van der Waals surface area contributed by atoms with Gasteiger partial charge in [-0.3, -0.25) is 14.7 Å². The van der Waals surface area contributed by atoms with Crippen LogP contribution < -0.4 is 0 Å². The molecule has 5 heteroatoms. The first-order valence-corrected chi connectivity index (χ1v) is 7.17. The lowest BCUT2D eigenvalue weighted by molar-refractivity contribution is 0.0863. The van der Waals surface area contributed by atoms with Gasteiger partial charge in [0.1, 0.15) is 5.84 Å². The number of carbonyl (C=O) groups excluding carboxylic acids is 1. The highest BCUT2D eigenvalue weighted by atomic mass is 35.5. The quantitative estimate of drug-likeness (QED) is 0.835. The van der Waals surface area contributed by atoms with Gasteiger partial charge in [-0.2, -0.15) is 0 Å². The Hall–Kier alpha value is -1.65. The molecule has 0 bridgehead atoms. The van der Waals surface area contributed by atoms with Crippen LogP contribution in [0.15, 0.2) is 46.8 Å². The highest BCUT2D eigenvalue weighted by Gasteiger charge is 2.26. The van der Waals surface area contributed by atoms with Gasteiger partial charge < -0.3 is 0 Å². The van der Waals surface area contributed by atoms with Gasteiger partial charge in [-0.25, -0.2) is 0 Å². The number of halogens is 1. The average Bonchev–Trinajstić information content (AvgIpc) is 3.09. The molecule has 0 saturated heterocycles. The SMILES string of the molecule is O=C(c1cccs1)N1CCN=C1c1cccc(Cl)c1. The van der Waals surface area contributed by atoms with Gasteiger partial charge in [-0.1, -0.05) is 29.8 Å². The minimum absolute atomic E-state index is 0.00576. The number of amidine groups is 1. The lowest BCUT2D eigenvalue weighted by Gasteiger charge is -2.17. The van der Waals surface area contributed by atoms with Crippen LogP contribution in [-0.4, -0.2) is 29.7 Å². The molecule has 2 aromatic rings. The van der Waals surface area contributed by atoms with Crippen LogP contribution in [0.5, 0.6) is 0 Å². The molecule has 0 saturated carbocycles. The van der Waals surface area contributed by atoms with Crippen LogP contribution >= 0.6 is 22.9 Å². The second-order valence-electron chi connectivity index (χ2n) is 4.15. The molecule has 1 aliphatic heterocycles. The molecule has 0 radical (unpaired) electrons. The van der Waals surface area contributed by atoms with Crippen molar-refractivity contribution in [1.29, 1.82) is 0 Å². The highest BCUT2D eigenvalue weighted by Crippen LogP contribution is 2.19. The van der Waals surface area contributed by atoms with Crippen LogP contribution in [0.4, 0.5) is 0 Å². The Balaban J connectivity index is 1.92. The Labute approximate surface area is 120 Å². The monoisotopic (exact) mass is 290 g/mol. The minimum atomic E-state index is 0.00576. The number of hydrogen-bond donors (Lipinski definition) is 0. The van der Waals surface area contributed by atoms with Crippen molar-refractivity contribution < 1.29 is 4.79 Å². The smallest absolute Gasteiger partial charge is 0.269 e. The van der Waals surface area contributed by atoms with Gasteiger partial charge in [0, 0.05) is 17.1 Å². The van der Waals surface area contributed by atoms with E-state index in [1.54, 1.807) is 4.90 Å². The van der Waals surface area contributed by atoms with E-state index in [0.717, 1.165) is 10.4 Å². The second-order valence-corrected chi connectivity index (χ2v) is 5.53. The van der Waals surface area contributed by atoms with Crippen molar-refractivity contribution >= 4 is 34.7 Å². The third-order valence-corrected chi connectivity index (χ3v) is 3.99. The molecule has 19 heavy (non-hydrogen) atoms. The predicted molar refractivity (Wildman–Crippen MR) is 78.2 cm³/mol. The maximum absolute atomic E-state index is 12.4. The highest BCUT2D eigenvalue weighted by molar-refractivity contribution is 7.12. The third-order valence-electron chi connectivity index (χ3n) is 2.90. The number of nitrogens with zero attached hydrogens (tertiary/aromatic N) is 2. The van der Waals surface area contributed by atoms with Crippen LogP contribution in [0.25, 0.3) is 0 Å². The van der Waals surface area contributed by atoms with E-state index in [1.165, 1.54) is 11.3 Å². The van der Waals surface area contributed by atoms with Crippen LogP contribution in [0.3, 0.4) is 0 Å². The molecular weight excluding hydrogens is 280 g/mol. The zero-order valence-electron chi connectivity index (χ0n) is 10.0. The number of carbonyl (C=O) groups is 1. The second kappa shape index (κ2) is 5.15. The zero-order chi connectivity index (χ0) is 13.2. The molecule has 0 unspecified atom stereocenters. The van der Waals surface area contributed by atoms with E-state index in [0.29, 0.717) is 23.9 Å². The molecule has 0 atom stereocenters. The summed E-state index contributed by atoms with van der Waals surface area (Å²) in [5.74, 6) is 0.715. The molecule has 0 aliphatic carbocycles. The van der Waals surface area contributed by atoms with E-state index in [9.17, 15) is 4.79 Å². The summed E-state index contributed by atoms with van der Waals surface area (Å²) >= 11 is 7.44. The van der Waals surface area contributed by atoms with E-state index in [4.69, 9.17) is 11.6 Å². The van der Waals surface area contributed by atoms with Gasteiger partial charge in [0.25, 0.3) is 5.91 Å². The summed E-state index contributed by atoms with van der Waals surface area (Å²) in [5, 5.41) is 2.55. The standard InChI is InChI=1S/C14H11ClN2OS/c15-11-4-1-3-10(9-11)13-16-6-7-17(13)14(18)12-5-2-8-19-12/h1-5,8-9H,6-7H2. The fourth-order valence-corrected chi connectivity index (χ4v) is 2.92. The maximum Gasteiger partial charge on any atom is 0.269 e. The molecule has 3 nitrogen and oxygen atoms in total. The Bertz CT molecular complexity index is 637. The minimum Gasteiger partial charge on any atom is -0.290 e. The lowest BCUT2D eigenvalue weighted by Crippen LogP contribution is -2.34. The lowest BCUT2D eigenvalue weighted by atomic mass is 10.2. The molecule has 2 heterocycles. The number of benzene rings is 1. The number of thiophene rings is 1. The van der Waals surface area contributed by atoms with Crippen molar-refractivity contribution in [2.24, 2.45) is 4.99 Å².